The van der Waals surface area contributed by atoms with Crippen LogP contribution >= 0.6 is 0 Å². The predicted molar refractivity (Wildman–Crippen MR) is 327 cm³/mol. The summed E-state index contributed by atoms with van der Waals surface area (Å²) in [6.45, 7) is 26.2. The van der Waals surface area contributed by atoms with E-state index in [-0.39, 0.29) is 23.0 Å². The Kier molecular flexibility index (Phi) is 12.3. The lowest BCUT2D eigenvalue weighted by Crippen LogP contribution is -2.61. The first-order valence-electron chi connectivity index (χ1n) is 27.6. The normalized spacial score (nSPS) is 13.9. The second kappa shape index (κ2) is 19.0. The Morgan fingerprint density at radius 1 is 0.403 bits per heavy atom. The van der Waals surface area contributed by atoms with Gasteiger partial charge in [-0.05, 0) is 175 Å². The van der Waals surface area contributed by atoms with Gasteiger partial charge in [0, 0.05) is 63.7 Å². The molecule has 0 radical (unpaired) electrons. The number of hydrogen-bond donors (Lipinski definition) is 0. The van der Waals surface area contributed by atoms with Gasteiger partial charge in [0.25, 0.3) is 6.71 Å². The molecule has 0 aliphatic carbocycles. The number of aryl methyl sites for hydroxylation is 2. The molecule has 12 rings (SSSR count). The van der Waals surface area contributed by atoms with E-state index < -0.39 is 0 Å². The van der Waals surface area contributed by atoms with Crippen LogP contribution in [-0.2, 0) is 16.2 Å². The van der Waals surface area contributed by atoms with Gasteiger partial charge in [-0.1, -0.05) is 165 Å². The molecule has 0 fully saturated rings. The van der Waals surface area contributed by atoms with Crippen LogP contribution in [0.4, 0.5) is 51.2 Å². The number of para-hydroxylation sites is 2. The van der Waals surface area contributed by atoms with Crippen LogP contribution in [0.15, 0.2) is 188 Å². The Hall–Kier alpha value is -7.96. The van der Waals surface area contributed by atoms with Crippen LogP contribution in [0.1, 0.15) is 96.6 Å². The molecule has 3 heterocycles. The number of benzene rings is 9. The summed E-state index contributed by atoms with van der Waals surface area (Å²) in [7, 11) is 0. The zero-order chi connectivity index (χ0) is 53.5. The van der Waals surface area contributed by atoms with Gasteiger partial charge in [0.1, 0.15) is 0 Å². The number of ether oxygens (including phenoxy) is 2. The van der Waals surface area contributed by atoms with Gasteiger partial charge in [0.15, 0.2) is 11.5 Å². The predicted octanol–water partition coefficient (Wildman–Crippen LogP) is 17.2. The molecule has 0 bridgehead atoms. The van der Waals surface area contributed by atoms with E-state index in [1.165, 1.54) is 61.0 Å². The van der Waals surface area contributed by atoms with Crippen molar-refractivity contribution in [2.75, 3.05) is 27.9 Å². The van der Waals surface area contributed by atoms with Gasteiger partial charge in [0.05, 0.1) is 13.2 Å². The molecular formula is C71H70BN3O2. The number of rotatable bonds is 7. The molecule has 9 aromatic carbocycles. The maximum Gasteiger partial charge on any atom is 0.252 e. The fourth-order valence-corrected chi connectivity index (χ4v) is 11.8. The van der Waals surface area contributed by atoms with Gasteiger partial charge in [0.2, 0.25) is 0 Å². The van der Waals surface area contributed by atoms with Gasteiger partial charge in [-0.25, -0.2) is 0 Å². The maximum atomic E-state index is 6.61. The number of fused-ring (bicyclic) bond motifs is 5. The molecule has 0 saturated carbocycles. The van der Waals surface area contributed by atoms with E-state index in [1.807, 2.05) is 0 Å². The van der Waals surface area contributed by atoms with Crippen molar-refractivity contribution in [3.05, 3.63) is 216 Å². The van der Waals surface area contributed by atoms with E-state index >= 15 is 0 Å². The third-order valence-corrected chi connectivity index (χ3v) is 16.0. The molecule has 384 valence electrons. The van der Waals surface area contributed by atoms with E-state index in [2.05, 4.69) is 279 Å². The Labute approximate surface area is 457 Å². The minimum Gasteiger partial charge on any atom is -0.490 e. The topological polar surface area (TPSA) is 28.2 Å². The fourth-order valence-electron chi connectivity index (χ4n) is 11.8. The average molecular weight is 1010 g/mol. The largest absolute Gasteiger partial charge is 0.490 e. The molecule has 9 aromatic rings. The SMILES string of the molecule is Cc1cc2c3c(c1)N(c1ccc(C(C)(C)C)cc1C)c1cc4c(cc1B3c1ccc(N(c3ccccc3)c3ccccc3)cc1N2c1cc(-c2ccc(C(C)(C)C)cc2)cc(-c2ccc(C(C)(C)C)cc2)c1)OCCCO4. The highest BCUT2D eigenvalue weighted by molar-refractivity contribution is 7.00. The Balaban J connectivity index is 1.17. The van der Waals surface area contributed by atoms with Crippen molar-refractivity contribution in [1.82, 2.24) is 0 Å². The first-order chi connectivity index (χ1) is 36.9. The van der Waals surface area contributed by atoms with Gasteiger partial charge in [-0.15, -0.1) is 0 Å². The summed E-state index contributed by atoms with van der Waals surface area (Å²) in [5.41, 5.74) is 24.8. The van der Waals surface area contributed by atoms with Crippen molar-refractivity contribution >= 4 is 74.3 Å². The van der Waals surface area contributed by atoms with E-state index in [4.69, 9.17) is 9.47 Å². The minimum absolute atomic E-state index is 0.00446. The highest BCUT2D eigenvalue weighted by Gasteiger charge is 2.45. The summed E-state index contributed by atoms with van der Waals surface area (Å²) >= 11 is 0. The highest BCUT2D eigenvalue weighted by atomic mass is 16.5. The highest BCUT2D eigenvalue weighted by Crippen LogP contribution is 2.50. The van der Waals surface area contributed by atoms with Crippen molar-refractivity contribution in [2.45, 2.75) is 98.8 Å². The lowest BCUT2D eigenvalue weighted by molar-refractivity contribution is 0.297. The van der Waals surface area contributed by atoms with Gasteiger partial charge in [-0.2, -0.15) is 0 Å². The molecule has 0 amide bonds. The van der Waals surface area contributed by atoms with E-state index in [9.17, 15) is 0 Å². The Bertz CT molecular complexity index is 3580. The molecule has 0 saturated heterocycles. The first kappa shape index (κ1) is 49.9. The first-order valence-corrected chi connectivity index (χ1v) is 27.6. The molecule has 0 unspecified atom stereocenters. The van der Waals surface area contributed by atoms with Crippen LogP contribution in [-0.4, -0.2) is 19.9 Å². The van der Waals surface area contributed by atoms with Crippen molar-refractivity contribution in [3.63, 3.8) is 0 Å². The van der Waals surface area contributed by atoms with Crippen molar-refractivity contribution in [1.29, 1.82) is 0 Å². The van der Waals surface area contributed by atoms with E-state index in [0.29, 0.717) is 13.2 Å². The lowest BCUT2D eigenvalue weighted by Gasteiger charge is -2.45. The summed E-state index contributed by atoms with van der Waals surface area (Å²) < 4.78 is 13.2. The van der Waals surface area contributed by atoms with Crippen molar-refractivity contribution in [3.8, 4) is 33.8 Å². The van der Waals surface area contributed by atoms with Gasteiger partial charge < -0.3 is 24.2 Å². The summed E-state index contributed by atoms with van der Waals surface area (Å²) in [4.78, 5) is 7.49. The second-order valence-corrected chi connectivity index (χ2v) is 24.7. The monoisotopic (exact) mass is 1010 g/mol. The molecule has 6 heteroatoms. The van der Waals surface area contributed by atoms with Crippen LogP contribution < -0.4 is 40.6 Å². The molecule has 77 heavy (non-hydrogen) atoms. The van der Waals surface area contributed by atoms with Crippen molar-refractivity contribution < 1.29 is 9.47 Å². The molecule has 0 atom stereocenters. The number of nitrogens with zero attached hydrogens (tertiary/aromatic N) is 3. The van der Waals surface area contributed by atoms with Gasteiger partial charge >= 0.3 is 0 Å². The quantitative estimate of drug-likeness (QED) is 0.148. The van der Waals surface area contributed by atoms with E-state index in [1.54, 1.807) is 0 Å². The van der Waals surface area contributed by atoms with Crippen LogP contribution in [0.25, 0.3) is 22.3 Å². The molecule has 3 aliphatic rings. The third kappa shape index (κ3) is 9.16. The summed E-state index contributed by atoms with van der Waals surface area (Å²) in [5.74, 6) is 1.58. The zero-order valence-electron chi connectivity index (χ0n) is 46.8. The smallest absolute Gasteiger partial charge is 0.252 e. The molecule has 0 N–H and O–H groups in total. The molecule has 0 aromatic heterocycles. The van der Waals surface area contributed by atoms with Gasteiger partial charge in [-0.3, -0.25) is 0 Å². The standard InChI is InChI=1S/C71H70BN3O2/c1-46-37-64-68-65(38-46)75(61-34-31-54(39-47(61)2)71(9,10)11)63-45-67-66(76-35-18-36-77-67)44-60(63)72(68)59-33-32-57(73(55-19-14-12-15-20-55)56-21-16-13-17-22-56)43-62(59)74(64)58-41-50(48-23-27-52(28-24-48)69(3,4)5)40-51(42-58)49-25-29-53(30-26-49)70(6,7)8/h12-17,19-34,37-45H,18,35-36H2,1-11H3. The number of anilines is 9. The average Bonchev–Trinajstić information content (AvgIpc) is 3.83. The minimum atomic E-state index is -0.141. The molecule has 3 aliphatic heterocycles. The summed E-state index contributed by atoms with van der Waals surface area (Å²) in [5, 5.41) is 0. The van der Waals surface area contributed by atoms with E-state index in [0.717, 1.165) is 74.5 Å². The second-order valence-electron chi connectivity index (χ2n) is 24.7. The van der Waals surface area contributed by atoms with Crippen molar-refractivity contribution in [2.24, 2.45) is 0 Å². The number of hydrogen-bond acceptors (Lipinski definition) is 5. The third-order valence-electron chi connectivity index (χ3n) is 16.0. The Morgan fingerprint density at radius 2 is 0.909 bits per heavy atom. The van der Waals surface area contributed by atoms with Crippen LogP contribution in [0.3, 0.4) is 0 Å². The lowest BCUT2D eigenvalue weighted by atomic mass is 9.33. The van der Waals surface area contributed by atoms with Crippen LogP contribution in [0.2, 0.25) is 0 Å². The maximum absolute atomic E-state index is 6.61. The zero-order valence-corrected chi connectivity index (χ0v) is 46.8. The molecular weight excluding hydrogens is 938 g/mol. The van der Waals surface area contributed by atoms with Crippen LogP contribution in [0, 0.1) is 13.8 Å². The van der Waals surface area contributed by atoms with Crippen LogP contribution in [0.5, 0.6) is 11.5 Å². The Morgan fingerprint density at radius 3 is 1.44 bits per heavy atom. The summed E-state index contributed by atoms with van der Waals surface area (Å²) in [6, 6.07) is 70.9. The fraction of sp³-hybridized carbons (Fsp3) is 0.239. The molecule has 0 spiro atoms. The summed E-state index contributed by atoms with van der Waals surface area (Å²) in [6.07, 6.45) is 0.825. The molecule has 5 nitrogen and oxygen atoms in total.